The minimum Gasteiger partial charge on any atom is -0.479 e. The molecule has 1 aliphatic carbocycles. The van der Waals surface area contributed by atoms with Crippen LogP contribution in [0.15, 0.2) is 6.33 Å². The maximum Gasteiger partial charge on any atom is 0.245 e. The molecule has 1 fully saturated rings. The van der Waals surface area contributed by atoms with Gasteiger partial charge in [-0.2, -0.15) is 4.98 Å². The summed E-state index contributed by atoms with van der Waals surface area (Å²) in [6, 6.07) is 0.456. The minimum absolute atomic E-state index is 0.456. The number of alkyl halides is 1. The van der Waals surface area contributed by atoms with Crippen molar-refractivity contribution < 1.29 is 4.74 Å². The van der Waals surface area contributed by atoms with Crippen LogP contribution >= 0.6 is 11.6 Å². The second-order valence-electron chi connectivity index (χ2n) is 5.37. The Morgan fingerprint density at radius 1 is 1.40 bits per heavy atom. The van der Waals surface area contributed by atoms with Gasteiger partial charge in [0.1, 0.15) is 12.2 Å². The molecule has 108 valence electrons. The third kappa shape index (κ3) is 2.14. The van der Waals surface area contributed by atoms with Crippen LogP contribution < -0.4 is 4.74 Å². The second kappa shape index (κ2) is 5.56. The van der Waals surface area contributed by atoms with E-state index in [1.165, 1.54) is 19.3 Å². The molecule has 0 aliphatic heterocycles. The molecular weight excluding hydrogens is 276 g/mol. The van der Waals surface area contributed by atoms with Crippen LogP contribution in [0.1, 0.15) is 38.1 Å². The number of halogens is 1. The maximum atomic E-state index is 5.93. The summed E-state index contributed by atoms with van der Waals surface area (Å²) >= 11 is 5.93. The summed E-state index contributed by atoms with van der Waals surface area (Å²) in [5.74, 6) is 2.73. The normalized spacial score (nSPS) is 22.6. The van der Waals surface area contributed by atoms with Crippen LogP contribution in [0.3, 0.4) is 0 Å². The molecule has 1 saturated carbocycles. The Hall–Kier alpha value is -1.36. The highest BCUT2D eigenvalue weighted by Crippen LogP contribution is 2.38. The quantitative estimate of drug-likeness (QED) is 0.814. The first-order valence-corrected chi connectivity index (χ1v) is 7.61. The Kier molecular flexibility index (Phi) is 3.78. The third-order valence-electron chi connectivity index (χ3n) is 4.18. The highest BCUT2D eigenvalue weighted by molar-refractivity contribution is 6.17. The molecule has 5 nitrogen and oxygen atoms in total. The predicted octanol–water partition coefficient (Wildman–Crippen LogP) is 2.98. The van der Waals surface area contributed by atoms with Crippen molar-refractivity contribution in [3.63, 3.8) is 0 Å². The van der Waals surface area contributed by atoms with Crippen molar-refractivity contribution in [3.05, 3.63) is 12.2 Å². The van der Waals surface area contributed by atoms with Gasteiger partial charge < -0.3 is 9.30 Å². The van der Waals surface area contributed by atoms with Gasteiger partial charge in [0.15, 0.2) is 11.2 Å². The van der Waals surface area contributed by atoms with E-state index >= 15 is 0 Å². The standard InChI is InChI=1S/C14H19ClN4O/c1-9-4-3-5-10(9)19-11(6-7-15)18-12-13(19)16-8-17-14(12)20-2/h8-10H,3-7H2,1-2H3. The van der Waals surface area contributed by atoms with Crippen LogP contribution in [0.2, 0.25) is 0 Å². The van der Waals surface area contributed by atoms with Crippen molar-refractivity contribution >= 4 is 22.8 Å². The van der Waals surface area contributed by atoms with E-state index in [1.807, 2.05) is 0 Å². The Morgan fingerprint density at radius 3 is 2.90 bits per heavy atom. The minimum atomic E-state index is 0.456. The van der Waals surface area contributed by atoms with E-state index in [2.05, 4.69) is 26.4 Å². The van der Waals surface area contributed by atoms with E-state index in [0.29, 0.717) is 23.7 Å². The van der Waals surface area contributed by atoms with Gasteiger partial charge >= 0.3 is 0 Å². The molecule has 0 N–H and O–H groups in total. The fraction of sp³-hybridized carbons (Fsp3) is 0.643. The second-order valence-corrected chi connectivity index (χ2v) is 5.75. The van der Waals surface area contributed by atoms with Crippen molar-refractivity contribution in [2.75, 3.05) is 13.0 Å². The van der Waals surface area contributed by atoms with Crippen LogP contribution in [0, 0.1) is 5.92 Å². The van der Waals surface area contributed by atoms with E-state index < -0.39 is 0 Å². The molecule has 2 atom stereocenters. The van der Waals surface area contributed by atoms with Gasteiger partial charge in [-0.1, -0.05) is 13.3 Å². The molecule has 0 aromatic carbocycles. The van der Waals surface area contributed by atoms with Crippen molar-refractivity contribution in [2.45, 2.75) is 38.6 Å². The Labute approximate surface area is 123 Å². The number of fused-ring (bicyclic) bond motifs is 1. The largest absolute Gasteiger partial charge is 0.479 e. The van der Waals surface area contributed by atoms with Crippen LogP contribution in [-0.2, 0) is 6.42 Å². The number of rotatable bonds is 4. The summed E-state index contributed by atoms with van der Waals surface area (Å²) in [4.78, 5) is 13.3. The Balaban J connectivity index is 2.19. The van der Waals surface area contributed by atoms with Crippen LogP contribution in [0.5, 0.6) is 5.88 Å². The van der Waals surface area contributed by atoms with Crippen LogP contribution in [0.25, 0.3) is 11.2 Å². The summed E-state index contributed by atoms with van der Waals surface area (Å²) in [6.07, 6.45) is 5.98. The lowest BCUT2D eigenvalue weighted by molar-refractivity contribution is 0.399. The Bertz CT molecular complexity index is 612. The van der Waals surface area contributed by atoms with E-state index in [0.717, 1.165) is 23.4 Å². The molecule has 20 heavy (non-hydrogen) atoms. The van der Waals surface area contributed by atoms with Crippen LogP contribution in [-0.4, -0.2) is 32.5 Å². The van der Waals surface area contributed by atoms with Gasteiger partial charge in [-0.25, -0.2) is 9.97 Å². The van der Waals surface area contributed by atoms with Crippen molar-refractivity contribution in [1.82, 2.24) is 19.5 Å². The van der Waals surface area contributed by atoms with Gasteiger partial charge in [0, 0.05) is 18.3 Å². The number of methoxy groups -OCH3 is 1. The summed E-state index contributed by atoms with van der Waals surface area (Å²) in [6.45, 7) is 2.30. The highest BCUT2D eigenvalue weighted by Gasteiger charge is 2.29. The molecule has 0 saturated heterocycles. The Morgan fingerprint density at radius 2 is 2.25 bits per heavy atom. The van der Waals surface area contributed by atoms with E-state index in [1.54, 1.807) is 13.4 Å². The topological polar surface area (TPSA) is 52.8 Å². The molecule has 1 aliphatic rings. The molecule has 2 aromatic rings. The van der Waals surface area contributed by atoms with Gasteiger partial charge in [0.05, 0.1) is 7.11 Å². The molecule has 2 aromatic heterocycles. The van der Waals surface area contributed by atoms with E-state index in [-0.39, 0.29) is 0 Å². The van der Waals surface area contributed by atoms with Gasteiger partial charge in [-0.05, 0) is 18.8 Å². The zero-order valence-corrected chi connectivity index (χ0v) is 12.6. The highest BCUT2D eigenvalue weighted by atomic mass is 35.5. The zero-order valence-electron chi connectivity index (χ0n) is 11.8. The van der Waals surface area contributed by atoms with E-state index in [4.69, 9.17) is 16.3 Å². The average molecular weight is 295 g/mol. The van der Waals surface area contributed by atoms with E-state index in [9.17, 15) is 0 Å². The summed E-state index contributed by atoms with van der Waals surface area (Å²) < 4.78 is 7.57. The number of aryl methyl sites for hydroxylation is 1. The monoisotopic (exact) mass is 294 g/mol. The number of nitrogens with zero attached hydrogens (tertiary/aromatic N) is 4. The summed E-state index contributed by atoms with van der Waals surface area (Å²) in [5, 5.41) is 0. The molecule has 2 heterocycles. The fourth-order valence-electron chi connectivity index (χ4n) is 3.20. The SMILES string of the molecule is COc1ncnc2c1nc(CCCl)n2C1CCCC1C. The molecule has 6 heteroatoms. The lowest BCUT2D eigenvalue weighted by Crippen LogP contribution is -2.15. The number of aromatic nitrogens is 4. The lowest BCUT2D eigenvalue weighted by atomic mass is 10.1. The van der Waals surface area contributed by atoms with Gasteiger partial charge in [-0.3, -0.25) is 0 Å². The van der Waals surface area contributed by atoms with Crippen LogP contribution in [0.4, 0.5) is 0 Å². The lowest BCUT2D eigenvalue weighted by Gasteiger charge is -2.20. The zero-order chi connectivity index (χ0) is 14.1. The van der Waals surface area contributed by atoms with Gasteiger partial charge in [0.2, 0.25) is 5.88 Å². The molecule has 0 spiro atoms. The number of ether oxygens (including phenoxy) is 1. The first-order valence-electron chi connectivity index (χ1n) is 7.08. The molecule has 0 radical (unpaired) electrons. The average Bonchev–Trinajstić information content (AvgIpc) is 3.01. The van der Waals surface area contributed by atoms with Gasteiger partial charge in [0.25, 0.3) is 0 Å². The first kappa shape index (κ1) is 13.6. The smallest absolute Gasteiger partial charge is 0.245 e. The number of hydrogen-bond donors (Lipinski definition) is 0. The number of imidazole rings is 1. The molecule has 2 unspecified atom stereocenters. The molecule has 0 bridgehead atoms. The third-order valence-corrected chi connectivity index (χ3v) is 4.36. The number of hydrogen-bond acceptors (Lipinski definition) is 4. The first-order chi connectivity index (χ1) is 9.76. The van der Waals surface area contributed by atoms with Crippen molar-refractivity contribution in [3.8, 4) is 5.88 Å². The maximum absolute atomic E-state index is 5.93. The molecule has 0 amide bonds. The molecular formula is C14H19ClN4O. The fourth-order valence-corrected chi connectivity index (χ4v) is 3.37. The van der Waals surface area contributed by atoms with Crippen molar-refractivity contribution in [2.24, 2.45) is 5.92 Å². The predicted molar refractivity (Wildman–Crippen MR) is 78.4 cm³/mol. The van der Waals surface area contributed by atoms with Gasteiger partial charge in [-0.15, -0.1) is 11.6 Å². The summed E-state index contributed by atoms with van der Waals surface area (Å²) in [5.41, 5.74) is 1.62. The molecule has 3 rings (SSSR count). The van der Waals surface area contributed by atoms with Crippen molar-refractivity contribution in [1.29, 1.82) is 0 Å². The summed E-state index contributed by atoms with van der Waals surface area (Å²) in [7, 11) is 1.61.